The van der Waals surface area contributed by atoms with Crippen LogP contribution in [0.1, 0.15) is 58.8 Å². The van der Waals surface area contributed by atoms with Gasteiger partial charge in [-0.05, 0) is 12.8 Å². The third-order valence-electron chi connectivity index (χ3n) is 2.60. The summed E-state index contributed by atoms with van der Waals surface area (Å²) in [4.78, 5) is 22.5. The fourth-order valence-electron chi connectivity index (χ4n) is 1.53. The van der Waals surface area contributed by atoms with Gasteiger partial charge in [0, 0.05) is 6.42 Å². The van der Waals surface area contributed by atoms with E-state index in [4.69, 9.17) is 4.74 Å². The maximum atomic E-state index is 11.4. The Labute approximate surface area is 104 Å². The Bertz CT molecular complexity index is 225. The van der Waals surface area contributed by atoms with E-state index < -0.39 is 12.1 Å². The highest BCUT2D eigenvalue weighted by atomic mass is 16.6. The lowest BCUT2D eigenvalue weighted by Gasteiger charge is -2.15. The monoisotopic (exact) mass is 244 g/mol. The number of hydrogen-bond donors (Lipinski definition) is 0. The van der Waals surface area contributed by atoms with Gasteiger partial charge in [-0.1, -0.05) is 39.5 Å². The van der Waals surface area contributed by atoms with Crippen LogP contribution in [0.3, 0.4) is 0 Å². The first-order valence-corrected chi connectivity index (χ1v) is 6.43. The molecule has 17 heavy (non-hydrogen) atoms. The van der Waals surface area contributed by atoms with Crippen molar-refractivity contribution in [3.05, 3.63) is 0 Å². The van der Waals surface area contributed by atoms with Crippen LogP contribution in [0.5, 0.6) is 0 Å². The number of rotatable bonds is 9. The molecule has 0 radical (unpaired) electrons. The first kappa shape index (κ1) is 15.9. The lowest BCUT2D eigenvalue weighted by atomic mass is 10.1. The third kappa shape index (κ3) is 7.77. The van der Waals surface area contributed by atoms with E-state index in [9.17, 15) is 9.59 Å². The molecule has 0 saturated carbocycles. The van der Waals surface area contributed by atoms with E-state index in [0.717, 1.165) is 19.3 Å². The van der Waals surface area contributed by atoms with Gasteiger partial charge in [-0.2, -0.15) is 0 Å². The number of carbonyl (C=O) groups is 2. The van der Waals surface area contributed by atoms with Crippen molar-refractivity contribution >= 4 is 11.9 Å². The molecule has 0 spiro atoms. The molecular formula is C13H24O4. The molecule has 0 amide bonds. The van der Waals surface area contributed by atoms with Gasteiger partial charge in [-0.15, -0.1) is 0 Å². The van der Waals surface area contributed by atoms with Crippen molar-refractivity contribution < 1.29 is 19.1 Å². The standard InChI is InChI=1S/C13H24O4/c1-4-6-7-8-9-10-11(13(15)16-3)17-12(14)5-2/h11H,4-10H2,1-3H3. The van der Waals surface area contributed by atoms with Gasteiger partial charge in [-0.3, -0.25) is 4.79 Å². The van der Waals surface area contributed by atoms with E-state index in [0.29, 0.717) is 6.42 Å². The zero-order valence-corrected chi connectivity index (χ0v) is 11.2. The van der Waals surface area contributed by atoms with Gasteiger partial charge in [0.25, 0.3) is 0 Å². The summed E-state index contributed by atoms with van der Waals surface area (Å²) in [7, 11) is 1.31. The Hall–Kier alpha value is -1.06. The van der Waals surface area contributed by atoms with Gasteiger partial charge >= 0.3 is 11.9 Å². The Balaban J connectivity index is 3.94. The molecule has 0 bridgehead atoms. The van der Waals surface area contributed by atoms with Crippen LogP contribution < -0.4 is 0 Å². The van der Waals surface area contributed by atoms with Crippen molar-refractivity contribution in [1.29, 1.82) is 0 Å². The fourth-order valence-corrected chi connectivity index (χ4v) is 1.53. The number of carbonyl (C=O) groups excluding carboxylic acids is 2. The second-order valence-corrected chi connectivity index (χ2v) is 4.06. The lowest BCUT2D eigenvalue weighted by Crippen LogP contribution is -2.28. The van der Waals surface area contributed by atoms with Crippen LogP contribution in [-0.4, -0.2) is 25.2 Å². The minimum absolute atomic E-state index is 0.281. The summed E-state index contributed by atoms with van der Waals surface area (Å²) >= 11 is 0. The fraction of sp³-hybridized carbons (Fsp3) is 0.846. The predicted molar refractivity (Wildman–Crippen MR) is 65.6 cm³/mol. The molecule has 0 rings (SSSR count). The van der Waals surface area contributed by atoms with Crippen LogP contribution >= 0.6 is 0 Å². The maximum Gasteiger partial charge on any atom is 0.347 e. The van der Waals surface area contributed by atoms with Crippen molar-refractivity contribution in [2.24, 2.45) is 0 Å². The molecule has 4 nitrogen and oxygen atoms in total. The SMILES string of the molecule is CCCCCCCC(OC(=O)CC)C(=O)OC. The Morgan fingerprint density at radius 1 is 1.06 bits per heavy atom. The van der Waals surface area contributed by atoms with E-state index in [1.165, 1.54) is 20.0 Å². The topological polar surface area (TPSA) is 52.6 Å². The van der Waals surface area contributed by atoms with Gasteiger partial charge in [0.15, 0.2) is 6.10 Å². The van der Waals surface area contributed by atoms with Crippen LogP contribution in [0.4, 0.5) is 0 Å². The summed E-state index contributed by atoms with van der Waals surface area (Å²) in [5.74, 6) is -0.809. The van der Waals surface area contributed by atoms with Crippen molar-refractivity contribution in [2.75, 3.05) is 7.11 Å². The van der Waals surface area contributed by atoms with Gasteiger partial charge in [0.1, 0.15) is 0 Å². The molecule has 0 aromatic heterocycles. The quantitative estimate of drug-likeness (QED) is 0.462. The van der Waals surface area contributed by atoms with E-state index in [1.807, 2.05) is 0 Å². The summed E-state index contributed by atoms with van der Waals surface area (Å²) in [5.41, 5.74) is 0. The molecule has 0 heterocycles. The molecule has 0 aromatic carbocycles. The largest absolute Gasteiger partial charge is 0.466 e. The highest BCUT2D eigenvalue weighted by Gasteiger charge is 2.22. The van der Waals surface area contributed by atoms with Gasteiger partial charge < -0.3 is 9.47 Å². The smallest absolute Gasteiger partial charge is 0.347 e. The zero-order chi connectivity index (χ0) is 13.1. The van der Waals surface area contributed by atoms with Crippen molar-refractivity contribution in [3.8, 4) is 0 Å². The summed E-state index contributed by atoms with van der Waals surface area (Å²) in [6, 6.07) is 0. The van der Waals surface area contributed by atoms with E-state index in [2.05, 4.69) is 11.7 Å². The molecule has 0 aromatic rings. The number of methoxy groups -OCH3 is 1. The second kappa shape index (κ2) is 10.1. The lowest BCUT2D eigenvalue weighted by molar-refractivity contribution is -0.166. The van der Waals surface area contributed by atoms with Crippen LogP contribution in [0, 0.1) is 0 Å². The first-order valence-electron chi connectivity index (χ1n) is 6.43. The summed E-state index contributed by atoms with van der Waals surface area (Å²) < 4.78 is 9.67. The van der Waals surface area contributed by atoms with Gasteiger partial charge in [0.2, 0.25) is 0 Å². The molecule has 0 aliphatic heterocycles. The molecule has 0 N–H and O–H groups in total. The molecule has 4 heteroatoms. The molecule has 100 valence electrons. The average molecular weight is 244 g/mol. The minimum Gasteiger partial charge on any atom is -0.466 e. The molecule has 0 aliphatic carbocycles. The van der Waals surface area contributed by atoms with Gasteiger partial charge in [0.05, 0.1) is 7.11 Å². The second-order valence-electron chi connectivity index (χ2n) is 4.06. The maximum absolute atomic E-state index is 11.4. The first-order chi connectivity index (χ1) is 8.15. The number of ether oxygens (including phenoxy) is 2. The van der Waals surface area contributed by atoms with E-state index in [-0.39, 0.29) is 12.4 Å². The highest BCUT2D eigenvalue weighted by molar-refractivity contribution is 5.79. The highest BCUT2D eigenvalue weighted by Crippen LogP contribution is 2.11. The van der Waals surface area contributed by atoms with Crippen molar-refractivity contribution in [1.82, 2.24) is 0 Å². The average Bonchev–Trinajstić information content (AvgIpc) is 2.35. The molecular weight excluding hydrogens is 220 g/mol. The van der Waals surface area contributed by atoms with Crippen LogP contribution in [0.25, 0.3) is 0 Å². The van der Waals surface area contributed by atoms with Crippen molar-refractivity contribution in [3.63, 3.8) is 0 Å². The number of hydrogen-bond acceptors (Lipinski definition) is 4. The molecule has 0 saturated heterocycles. The Morgan fingerprint density at radius 3 is 2.24 bits per heavy atom. The van der Waals surface area contributed by atoms with Crippen molar-refractivity contribution in [2.45, 2.75) is 64.9 Å². The molecule has 1 atom stereocenters. The summed E-state index contributed by atoms with van der Waals surface area (Å²) in [6.07, 6.45) is 5.61. The predicted octanol–water partition coefficient (Wildman–Crippen LogP) is 2.84. The van der Waals surface area contributed by atoms with Crippen LogP contribution in [-0.2, 0) is 19.1 Å². The molecule has 0 fully saturated rings. The number of esters is 2. The zero-order valence-electron chi connectivity index (χ0n) is 11.2. The van der Waals surface area contributed by atoms with Gasteiger partial charge in [-0.25, -0.2) is 4.79 Å². The van der Waals surface area contributed by atoms with Crippen LogP contribution in [0.2, 0.25) is 0 Å². The normalized spacial score (nSPS) is 11.9. The summed E-state index contributed by atoms with van der Waals surface area (Å²) in [6.45, 7) is 3.86. The third-order valence-corrected chi connectivity index (χ3v) is 2.60. The van der Waals surface area contributed by atoms with E-state index in [1.54, 1.807) is 6.92 Å². The molecule has 0 aliphatic rings. The Kier molecular flexibility index (Phi) is 9.49. The molecule has 1 unspecified atom stereocenters. The summed E-state index contributed by atoms with van der Waals surface area (Å²) in [5, 5.41) is 0. The van der Waals surface area contributed by atoms with E-state index >= 15 is 0 Å². The van der Waals surface area contributed by atoms with Crippen LogP contribution in [0.15, 0.2) is 0 Å². The Morgan fingerprint density at radius 2 is 1.71 bits per heavy atom. The number of unbranched alkanes of at least 4 members (excludes halogenated alkanes) is 4. The minimum atomic E-state index is -0.728.